The van der Waals surface area contributed by atoms with Gasteiger partial charge in [0.1, 0.15) is 0 Å². The van der Waals surface area contributed by atoms with Gasteiger partial charge in [0.2, 0.25) is 10.0 Å². The SMILES string of the molecule is Cc1nn(C)c(C)c1NC(=O)COC(=O)c1cccc(S(=O)(=O)NC(C)(C)C)c1. The third kappa shape index (κ3) is 5.88. The standard InChI is InChI=1S/C19H26N4O5S/c1-12-17(13(2)23(6)21-12)20-16(24)11-28-18(25)14-8-7-9-15(10-14)29(26,27)22-19(3,4)5/h7-10,22H,11H2,1-6H3,(H,20,24). The number of carbonyl (C=O) groups excluding carboxylic acids is 2. The summed E-state index contributed by atoms with van der Waals surface area (Å²) in [7, 11) is -2.04. The van der Waals surface area contributed by atoms with Gasteiger partial charge in [-0.2, -0.15) is 5.10 Å². The lowest BCUT2D eigenvalue weighted by Gasteiger charge is -2.20. The van der Waals surface area contributed by atoms with E-state index in [1.54, 1.807) is 46.3 Å². The van der Waals surface area contributed by atoms with E-state index in [4.69, 9.17) is 4.74 Å². The summed E-state index contributed by atoms with van der Waals surface area (Å²) in [6.07, 6.45) is 0. The third-order valence-electron chi connectivity index (χ3n) is 3.93. The number of aromatic nitrogens is 2. The van der Waals surface area contributed by atoms with Crippen LogP contribution in [0.4, 0.5) is 5.69 Å². The summed E-state index contributed by atoms with van der Waals surface area (Å²) in [4.78, 5) is 24.3. The van der Waals surface area contributed by atoms with Gasteiger partial charge >= 0.3 is 5.97 Å². The van der Waals surface area contributed by atoms with E-state index >= 15 is 0 Å². The quantitative estimate of drug-likeness (QED) is 0.686. The number of anilines is 1. The maximum absolute atomic E-state index is 12.4. The maximum atomic E-state index is 12.4. The molecule has 0 aliphatic heterocycles. The molecule has 10 heteroatoms. The predicted molar refractivity (Wildman–Crippen MR) is 108 cm³/mol. The normalized spacial score (nSPS) is 11.9. The van der Waals surface area contributed by atoms with Crippen LogP contribution in [0.1, 0.15) is 42.5 Å². The molecule has 2 N–H and O–H groups in total. The van der Waals surface area contributed by atoms with Crippen LogP contribution < -0.4 is 10.0 Å². The van der Waals surface area contributed by atoms with E-state index in [9.17, 15) is 18.0 Å². The summed E-state index contributed by atoms with van der Waals surface area (Å²) < 4.78 is 34.0. The molecule has 2 rings (SSSR count). The lowest BCUT2D eigenvalue weighted by molar-refractivity contribution is -0.119. The van der Waals surface area contributed by atoms with E-state index in [1.165, 1.54) is 24.3 Å². The lowest BCUT2D eigenvalue weighted by Crippen LogP contribution is -2.40. The molecule has 0 unspecified atom stereocenters. The monoisotopic (exact) mass is 422 g/mol. The molecule has 0 aliphatic carbocycles. The first-order valence-electron chi connectivity index (χ1n) is 8.91. The first-order chi connectivity index (χ1) is 13.3. The van der Waals surface area contributed by atoms with Gasteiger partial charge in [0.25, 0.3) is 5.91 Å². The summed E-state index contributed by atoms with van der Waals surface area (Å²) in [5, 5.41) is 6.86. The number of amides is 1. The van der Waals surface area contributed by atoms with Crippen LogP contribution in [-0.4, -0.2) is 42.2 Å². The Morgan fingerprint density at radius 3 is 2.41 bits per heavy atom. The second kappa shape index (κ2) is 8.34. The number of benzene rings is 1. The van der Waals surface area contributed by atoms with Gasteiger partial charge in [-0.05, 0) is 52.8 Å². The highest BCUT2D eigenvalue weighted by Gasteiger charge is 2.23. The minimum atomic E-state index is -3.80. The van der Waals surface area contributed by atoms with Gasteiger partial charge in [0.15, 0.2) is 6.61 Å². The Hall–Kier alpha value is -2.72. The fourth-order valence-corrected chi connectivity index (χ4v) is 4.06. The van der Waals surface area contributed by atoms with Crippen LogP contribution in [0.15, 0.2) is 29.2 Å². The molecule has 0 aliphatic rings. The lowest BCUT2D eigenvalue weighted by atomic mass is 10.1. The van der Waals surface area contributed by atoms with Gasteiger partial charge in [0, 0.05) is 12.6 Å². The molecule has 9 nitrogen and oxygen atoms in total. The van der Waals surface area contributed by atoms with E-state index in [0.717, 1.165) is 5.69 Å². The highest BCUT2D eigenvalue weighted by atomic mass is 32.2. The molecule has 0 atom stereocenters. The fraction of sp³-hybridized carbons (Fsp3) is 0.421. The van der Waals surface area contributed by atoms with Crippen molar-refractivity contribution in [3.05, 3.63) is 41.2 Å². The molecule has 2 aromatic rings. The molecule has 0 saturated heterocycles. The van der Waals surface area contributed by atoms with Crippen molar-refractivity contribution >= 4 is 27.6 Å². The van der Waals surface area contributed by atoms with Crippen LogP contribution in [-0.2, 0) is 26.6 Å². The number of carbonyl (C=O) groups is 2. The summed E-state index contributed by atoms with van der Waals surface area (Å²) in [6.45, 7) is 8.20. The Morgan fingerprint density at radius 2 is 1.86 bits per heavy atom. The molecule has 0 spiro atoms. The molecule has 0 fully saturated rings. The summed E-state index contributed by atoms with van der Waals surface area (Å²) >= 11 is 0. The van der Waals surface area contributed by atoms with Crippen LogP contribution in [0.5, 0.6) is 0 Å². The molecule has 158 valence electrons. The highest BCUT2D eigenvalue weighted by Crippen LogP contribution is 2.18. The summed E-state index contributed by atoms with van der Waals surface area (Å²) in [5.74, 6) is -1.32. The van der Waals surface area contributed by atoms with E-state index in [2.05, 4.69) is 15.1 Å². The number of hydrogen-bond acceptors (Lipinski definition) is 6. The molecule has 1 aromatic heterocycles. The van der Waals surface area contributed by atoms with Crippen molar-refractivity contribution in [1.29, 1.82) is 0 Å². The first-order valence-corrected chi connectivity index (χ1v) is 10.4. The van der Waals surface area contributed by atoms with Gasteiger partial charge in [-0.3, -0.25) is 9.48 Å². The molecule has 1 amide bonds. The maximum Gasteiger partial charge on any atom is 0.338 e. The molecule has 0 radical (unpaired) electrons. The number of hydrogen-bond donors (Lipinski definition) is 2. The van der Waals surface area contributed by atoms with Crippen LogP contribution in [0.2, 0.25) is 0 Å². The number of ether oxygens (including phenoxy) is 1. The number of nitrogens with zero attached hydrogens (tertiary/aromatic N) is 2. The summed E-state index contributed by atoms with van der Waals surface area (Å²) in [6, 6.07) is 5.46. The first kappa shape index (κ1) is 22.6. The van der Waals surface area contributed by atoms with Gasteiger partial charge in [-0.25, -0.2) is 17.9 Å². The Morgan fingerprint density at radius 1 is 1.21 bits per heavy atom. The summed E-state index contributed by atoms with van der Waals surface area (Å²) in [5.41, 5.74) is 1.34. The molecule has 29 heavy (non-hydrogen) atoms. The second-order valence-corrected chi connectivity index (χ2v) is 9.36. The van der Waals surface area contributed by atoms with Gasteiger partial charge < -0.3 is 10.1 Å². The van der Waals surface area contributed by atoms with Crippen molar-refractivity contribution in [2.24, 2.45) is 7.05 Å². The zero-order valence-electron chi connectivity index (χ0n) is 17.4. The third-order valence-corrected chi connectivity index (χ3v) is 5.68. The molecular weight excluding hydrogens is 396 g/mol. The topological polar surface area (TPSA) is 119 Å². The number of nitrogens with one attached hydrogen (secondary N) is 2. The molecule has 1 aromatic carbocycles. The molecule has 1 heterocycles. The Bertz CT molecular complexity index is 1040. The van der Waals surface area contributed by atoms with Gasteiger partial charge in [-0.1, -0.05) is 6.07 Å². The van der Waals surface area contributed by atoms with Crippen LogP contribution in [0.25, 0.3) is 0 Å². The van der Waals surface area contributed by atoms with Crippen molar-refractivity contribution in [1.82, 2.24) is 14.5 Å². The van der Waals surface area contributed by atoms with Crippen molar-refractivity contribution in [2.75, 3.05) is 11.9 Å². The average Bonchev–Trinajstić information content (AvgIpc) is 2.84. The largest absolute Gasteiger partial charge is 0.452 e. The van der Waals surface area contributed by atoms with Crippen LogP contribution in [0.3, 0.4) is 0 Å². The van der Waals surface area contributed by atoms with Crippen molar-refractivity contribution in [3.63, 3.8) is 0 Å². The van der Waals surface area contributed by atoms with Gasteiger partial charge in [-0.15, -0.1) is 0 Å². The van der Waals surface area contributed by atoms with E-state index in [-0.39, 0.29) is 10.5 Å². The number of esters is 1. The number of sulfonamides is 1. The van der Waals surface area contributed by atoms with Crippen LogP contribution in [0, 0.1) is 13.8 Å². The number of rotatable bonds is 6. The minimum Gasteiger partial charge on any atom is -0.452 e. The molecule has 0 bridgehead atoms. The average molecular weight is 423 g/mol. The smallest absolute Gasteiger partial charge is 0.338 e. The molecule has 0 saturated carbocycles. The fourth-order valence-electron chi connectivity index (χ4n) is 2.60. The van der Waals surface area contributed by atoms with Crippen LogP contribution >= 0.6 is 0 Å². The second-order valence-electron chi connectivity index (χ2n) is 7.68. The van der Waals surface area contributed by atoms with E-state index in [0.29, 0.717) is 11.4 Å². The van der Waals surface area contributed by atoms with Crippen molar-refractivity contribution in [3.8, 4) is 0 Å². The Kier molecular flexibility index (Phi) is 6.49. The Balaban J connectivity index is 2.05. The van der Waals surface area contributed by atoms with E-state index < -0.39 is 34.0 Å². The molecular formula is C19H26N4O5S. The number of aryl methyl sites for hydroxylation is 2. The highest BCUT2D eigenvalue weighted by molar-refractivity contribution is 7.89. The van der Waals surface area contributed by atoms with Crippen molar-refractivity contribution < 1.29 is 22.7 Å². The van der Waals surface area contributed by atoms with E-state index in [1.807, 2.05) is 0 Å². The van der Waals surface area contributed by atoms with Gasteiger partial charge in [0.05, 0.1) is 27.5 Å². The zero-order chi connectivity index (χ0) is 22.0. The Labute approximate surface area is 170 Å². The minimum absolute atomic E-state index is 0.0309. The predicted octanol–water partition coefficient (Wildman–Crippen LogP) is 1.91. The van der Waals surface area contributed by atoms with Crippen molar-refractivity contribution in [2.45, 2.75) is 45.1 Å². The zero-order valence-corrected chi connectivity index (χ0v) is 18.2.